The smallest absolute Gasteiger partial charge is 0.227 e. The molecule has 3 nitrogen and oxygen atoms in total. The monoisotopic (exact) mass is 376 g/mol. The van der Waals surface area contributed by atoms with Crippen molar-refractivity contribution in [3.8, 4) is 0 Å². The fourth-order valence-electron chi connectivity index (χ4n) is 2.82. The topological polar surface area (TPSA) is 23.6 Å². The summed E-state index contributed by atoms with van der Waals surface area (Å²) < 4.78 is 14.8. The van der Waals surface area contributed by atoms with Crippen LogP contribution in [0.25, 0.3) is 0 Å². The first-order valence-corrected chi connectivity index (χ1v) is 8.45. The Morgan fingerprint density at radius 3 is 2.35 bits per heavy atom. The highest BCUT2D eigenvalue weighted by molar-refractivity contribution is 9.10. The summed E-state index contributed by atoms with van der Waals surface area (Å²) in [6.07, 6.45) is 0.390. The first-order chi connectivity index (χ1) is 11.1. The van der Waals surface area contributed by atoms with E-state index in [4.69, 9.17) is 0 Å². The molecule has 1 aliphatic heterocycles. The van der Waals surface area contributed by atoms with Gasteiger partial charge in [0.1, 0.15) is 5.82 Å². The number of halogens is 2. The maximum absolute atomic E-state index is 13.8. The highest BCUT2D eigenvalue weighted by Gasteiger charge is 2.23. The second-order valence-electron chi connectivity index (χ2n) is 5.59. The van der Waals surface area contributed by atoms with Crippen molar-refractivity contribution in [1.29, 1.82) is 0 Å². The van der Waals surface area contributed by atoms with E-state index in [2.05, 4.69) is 15.9 Å². The number of hydrogen-bond donors (Lipinski definition) is 0. The molecule has 1 heterocycles. The van der Waals surface area contributed by atoms with Gasteiger partial charge < -0.3 is 9.80 Å². The average molecular weight is 377 g/mol. The molecule has 1 amide bonds. The van der Waals surface area contributed by atoms with E-state index in [0.29, 0.717) is 38.3 Å². The number of amides is 1. The third-order valence-corrected chi connectivity index (χ3v) is 4.90. The molecule has 0 spiro atoms. The van der Waals surface area contributed by atoms with Crippen LogP contribution < -0.4 is 4.90 Å². The standard InChI is InChI=1S/C18H18BrFN2O/c19-15-6-2-1-5-14(15)13-18(23)22-11-9-21(10-12-22)17-8-4-3-7-16(17)20/h1-8H,9-13H2. The Morgan fingerprint density at radius 1 is 1.00 bits per heavy atom. The van der Waals surface area contributed by atoms with Gasteiger partial charge in [0.15, 0.2) is 0 Å². The Hall–Kier alpha value is -1.88. The molecule has 23 heavy (non-hydrogen) atoms. The summed E-state index contributed by atoms with van der Waals surface area (Å²) in [5.41, 5.74) is 1.61. The lowest BCUT2D eigenvalue weighted by molar-refractivity contribution is -0.130. The van der Waals surface area contributed by atoms with E-state index in [1.807, 2.05) is 40.1 Å². The summed E-state index contributed by atoms with van der Waals surface area (Å²) in [6.45, 7) is 2.56. The minimum absolute atomic E-state index is 0.116. The van der Waals surface area contributed by atoms with Crippen molar-refractivity contribution in [3.63, 3.8) is 0 Å². The summed E-state index contributed by atoms with van der Waals surface area (Å²) in [4.78, 5) is 16.3. The molecular formula is C18H18BrFN2O. The molecule has 1 saturated heterocycles. The molecule has 3 rings (SSSR count). The molecule has 1 fully saturated rings. The maximum Gasteiger partial charge on any atom is 0.227 e. The van der Waals surface area contributed by atoms with Crippen LogP contribution in [0.2, 0.25) is 0 Å². The number of para-hydroxylation sites is 1. The summed E-state index contributed by atoms with van der Waals surface area (Å²) in [5.74, 6) is -0.0921. The van der Waals surface area contributed by atoms with Gasteiger partial charge in [-0.25, -0.2) is 4.39 Å². The van der Waals surface area contributed by atoms with Crippen LogP contribution in [-0.4, -0.2) is 37.0 Å². The van der Waals surface area contributed by atoms with Crippen LogP contribution >= 0.6 is 15.9 Å². The highest BCUT2D eigenvalue weighted by Crippen LogP contribution is 2.21. The van der Waals surface area contributed by atoms with Gasteiger partial charge in [-0.2, -0.15) is 0 Å². The van der Waals surface area contributed by atoms with Crippen LogP contribution in [0.5, 0.6) is 0 Å². The number of rotatable bonds is 3. The highest BCUT2D eigenvalue weighted by atomic mass is 79.9. The number of carbonyl (C=O) groups excluding carboxylic acids is 1. The van der Waals surface area contributed by atoms with Crippen LogP contribution in [0, 0.1) is 5.82 Å². The third-order valence-electron chi connectivity index (χ3n) is 4.13. The summed E-state index contributed by atoms with van der Waals surface area (Å²) in [7, 11) is 0. The lowest BCUT2D eigenvalue weighted by Crippen LogP contribution is -2.49. The molecule has 0 radical (unpaired) electrons. The number of piperazine rings is 1. The number of benzene rings is 2. The van der Waals surface area contributed by atoms with E-state index in [9.17, 15) is 9.18 Å². The van der Waals surface area contributed by atoms with Gasteiger partial charge in [-0.3, -0.25) is 4.79 Å². The van der Waals surface area contributed by atoms with Gasteiger partial charge in [0.25, 0.3) is 0 Å². The zero-order valence-corrected chi connectivity index (χ0v) is 14.3. The van der Waals surface area contributed by atoms with E-state index < -0.39 is 0 Å². The van der Waals surface area contributed by atoms with E-state index >= 15 is 0 Å². The predicted molar refractivity (Wildman–Crippen MR) is 93.0 cm³/mol. The minimum Gasteiger partial charge on any atom is -0.366 e. The van der Waals surface area contributed by atoms with Crippen LogP contribution in [-0.2, 0) is 11.2 Å². The van der Waals surface area contributed by atoms with E-state index in [1.54, 1.807) is 12.1 Å². The lowest BCUT2D eigenvalue weighted by Gasteiger charge is -2.36. The summed E-state index contributed by atoms with van der Waals surface area (Å²) >= 11 is 3.48. The third kappa shape index (κ3) is 3.72. The molecule has 5 heteroatoms. The summed E-state index contributed by atoms with van der Waals surface area (Å²) in [5, 5.41) is 0. The van der Waals surface area contributed by atoms with Crippen molar-refractivity contribution >= 4 is 27.5 Å². The summed E-state index contributed by atoms with van der Waals surface area (Å²) in [6, 6.07) is 14.6. The van der Waals surface area contributed by atoms with Crippen LogP contribution in [0.1, 0.15) is 5.56 Å². The first kappa shape index (κ1) is 16.0. The van der Waals surface area contributed by atoms with Crippen molar-refractivity contribution in [2.45, 2.75) is 6.42 Å². The van der Waals surface area contributed by atoms with Crippen LogP contribution in [0.15, 0.2) is 53.0 Å². The second-order valence-corrected chi connectivity index (χ2v) is 6.44. The molecule has 0 N–H and O–H groups in total. The average Bonchev–Trinajstić information content (AvgIpc) is 2.57. The first-order valence-electron chi connectivity index (χ1n) is 7.66. The fraction of sp³-hybridized carbons (Fsp3) is 0.278. The van der Waals surface area contributed by atoms with Gasteiger partial charge in [-0.15, -0.1) is 0 Å². The van der Waals surface area contributed by atoms with Gasteiger partial charge in [-0.1, -0.05) is 46.3 Å². The molecule has 0 aromatic heterocycles. The Bertz CT molecular complexity index is 699. The fourth-order valence-corrected chi connectivity index (χ4v) is 3.25. The molecule has 120 valence electrons. The Morgan fingerprint density at radius 2 is 1.65 bits per heavy atom. The van der Waals surface area contributed by atoms with Gasteiger partial charge in [0.05, 0.1) is 12.1 Å². The zero-order chi connectivity index (χ0) is 16.2. The van der Waals surface area contributed by atoms with E-state index in [-0.39, 0.29) is 11.7 Å². The minimum atomic E-state index is -0.208. The molecule has 2 aromatic carbocycles. The van der Waals surface area contributed by atoms with Crippen molar-refractivity contribution in [2.24, 2.45) is 0 Å². The number of anilines is 1. The zero-order valence-electron chi connectivity index (χ0n) is 12.7. The van der Waals surface area contributed by atoms with Gasteiger partial charge in [0.2, 0.25) is 5.91 Å². The second kappa shape index (κ2) is 7.13. The normalized spacial score (nSPS) is 14.9. The number of hydrogen-bond acceptors (Lipinski definition) is 2. The van der Waals surface area contributed by atoms with Crippen molar-refractivity contribution in [2.75, 3.05) is 31.1 Å². The molecule has 0 saturated carbocycles. The molecule has 0 aliphatic carbocycles. The molecule has 1 aliphatic rings. The van der Waals surface area contributed by atoms with Gasteiger partial charge >= 0.3 is 0 Å². The van der Waals surface area contributed by atoms with E-state index in [1.165, 1.54) is 6.07 Å². The lowest BCUT2D eigenvalue weighted by atomic mass is 10.1. The molecule has 0 atom stereocenters. The van der Waals surface area contributed by atoms with Crippen molar-refractivity contribution in [3.05, 3.63) is 64.4 Å². The van der Waals surface area contributed by atoms with Crippen LogP contribution in [0.3, 0.4) is 0 Å². The van der Waals surface area contributed by atoms with Gasteiger partial charge in [-0.05, 0) is 23.8 Å². The Kier molecular flexibility index (Phi) is 4.96. The van der Waals surface area contributed by atoms with E-state index in [0.717, 1.165) is 10.0 Å². The maximum atomic E-state index is 13.8. The quantitative estimate of drug-likeness (QED) is 0.818. The molecule has 2 aromatic rings. The van der Waals surface area contributed by atoms with Gasteiger partial charge in [0, 0.05) is 30.7 Å². The Labute approximate surface area is 143 Å². The van der Waals surface area contributed by atoms with Crippen molar-refractivity contribution in [1.82, 2.24) is 4.90 Å². The van der Waals surface area contributed by atoms with Crippen LogP contribution in [0.4, 0.5) is 10.1 Å². The predicted octanol–water partition coefficient (Wildman–Crippen LogP) is 3.48. The largest absolute Gasteiger partial charge is 0.366 e. The number of carbonyl (C=O) groups is 1. The molecule has 0 unspecified atom stereocenters. The molecular weight excluding hydrogens is 359 g/mol. The van der Waals surface area contributed by atoms with Crippen molar-refractivity contribution < 1.29 is 9.18 Å². The Balaban J connectivity index is 1.60. The SMILES string of the molecule is O=C(Cc1ccccc1Br)N1CCN(c2ccccc2F)CC1. The molecule has 0 bridgehead atoms. The number of nitrogens with zero attached hydrogens (tertiary/aromatic N) is 2.